The van der Waals surface area contributed by atoms with E-state index in [4.69, 9.17) is 9.40 Å². The molecule has 0 radical (unpaired) electrons. The van der Waals surface area contributed by atoms with E-state index in [1.807, 2.05) is 36.4 Å². The molecule has 2 aromatic heterocycles. The number of para-hydroxylation sites is 2. The smallest absolute Gasteiger partial charge is 0.408 e. The molecule has 0 unspecified atom stereocenters. The van der Waals surface area contributed by atoms with Crippen LogP contribution in [0.15, 0.2) is 66.1 Å². The van der Waals surface area contributed by atoms with Gasteiger partial charge in [0.05, 0.1) is 16.4 Å². The van der Waals surface area contributed by atoms with Crippen molar-refractivity contribution in [1.29, 1.82) is 0 Å². The van der Waals surface area contributed by atoms with E-state index >= 15 is 0 Å². The summed E-state index contributed by atoms with van der Waals surface area (Å²) in [6, 6.07) is 12.9. The number of rotatable bonds is 6. The third-order valence-electron chi connectivity index (χ3n) is 4.55. The molecule has 0 fully saturated rings. The molecule has 0 aliphatic carbocycles. The van der Waals surface area contributed by atoms with Crippen LogP contribution < -0.4 is 11.3 Å². The predicted octanol–water partition coefficient (Wildman–Crippen LogP) is 4.52. The normalized spacial score (nSPS) is 11.7. The van der Waals surface area contributed by atoms with Crippen molar-refractivity contribution in [2.75, 3.05) is 5.75 Å². The number of hydrogen-bond acceptors (Lipinski definition) is 5. The van der Waals surface area contributed by atoms with E-state index in [1.54, 1.807) is 15.2 Å². The highest BCUT2D eigenvalue weighted by atomic mass is 79.9. The first-order valence-corrected chi connectivity index (χ1v) is 11.1. The lowest BCUT2D eigenvalue weighted by molar-refractivity contribution is 0.475. The molecule has 6 nitrogen and oxygen atoms in total. The summed E-state index contributed by atoms with van der Waals surface area (Å²) >= 11 is 4.91. The van der Waals surface area contributed by atoms with E-state index in [0.717, 1.165) is 9.99 Å². The van der Waals surface area contributed by atoms with Crippen LogP contribution >= 0.6 is 27.7 Å². The molecule has 4 aromatic rings. The van der Waals surface area contributed by atoms with Crippen molar-refractivity contribution in [2.45, 2.75) is 32.1 Å². The van der Waals surface area contributed by atoms with Gasteiger partial charge >= 0.3 is 5.76 Å². The zero-order valence-corrected chi connectivity index (χ0v) is 18.5. The maximum Gasteiger partial charge on any atom is 0.419 e. The third kappa shape index (κ3) is 4.04. The summed E-state index contributed by atoms with van der Waals surface area (Å²) < 4.78 is 9.50. The molecule has 2 aromatic carbocycles. The minimum Gasteiger partial charge on any atom is -0.408 e. The third-order valence-corrected chi connectivity index (χ3v) is 6.00. The summed E-state index contributed by atoms with van der Waals surface area (Å²) in [5.41, 5.74) is 1.98. The summed E-state index contributed by atoms with van der Waals surface area (Å²) in [6.45, 7) is 5.20. The first kappa shape index (κ1) is 20.0. The number of benzene rings is 2. The lowest BCUT2D eigenvalue weighted by Crippen LogP contribution is -2.26. The fourth-order valence-electron chi connectivity index (χ4n) is 3.26. The fourth-order valence-corrected chi connectivity index (χ4v) is 4.56. The van der Waals surface area contributed by atoms with E-state index < -0.39 is 0 Å². The second-order valence-corrected chi connectivity index (χ2v) is 9.18. The number of fused-ring (bicyclic) bond motifs is 2. The van der Waals surface area contributed by atoms with Crippen molar-refractivity contribution in [1.82, 2.24) is 14.1 Å². The van der Waals surface area contributed by atoms with Gasteiger partial charge < -0.3 is 4.42 Å². The van der Waals surface area contributed by atoms with Crippen molar-refractivity contribution in [3.63, 3.8) is 0 Å². The summed E-state index contributed by atoms with van der Waals surface area (Å²) in [5.74, 6) is 0.525. The van der Waals surface area contributed by atoms with Gasteiger partial charge in [0.15, 0.2) is 10.7 Å². The maximum absolute atomic E-state index is 13.1. The van der Waals surface area contributed by atoms with Gasteiger partial charge in [0, 0.05) is 23.3 Å². The molecule has 0 amide bonds. The van der Waals surface area contributed by atoms with Gasteiger partial charge in [-0.1, -0.05) is 53.7 Å². The Labute approximate surface area is 179 Å². The molecule has 0 aliphatic heterocycles. The quantitative estimate of drug-likeness (QED) is 0.304. The number of nitrogens with zero attached hydrogens (tertiary/aromatic N) is 3. The minimum atomic E-state index is -0.373. The van der Waals surface area contributed by atoms with Gasteiger partial charge in [0.25, 0.3) is 5.56 Å². The Bertz CT molecular complexity index is 1310. The van der Waals surface area contributed by atoms with Gasteiger partial charge in [-0.05, 0) is 36.2 Å². The Kier molecular flexibility index (Phi) is 5.65. The minimum absolute atomic E-state index is 0.0431. The molecule has 0 saturated carbocycles. The van der Waals surface area contributed by atoms with E-state index in [-0.39, 0.29) is 11.3 Å². The van der Waals surface area contributed by atoms with Crippen LogP contribution in [0.5, 0.6) is 0 Å². The first-order chi connectivity index (χ1) is 13.9. The monoisotopic (exact) mass is 473 g/mol. The Balaban J connectivity index is 1.66. The fraction of sp³-hybridized carbons (Fsp3) is 0.286. The molecule has 150 valence electrons. The van der Waals surface area contributed by atoms with Gasteiger partial charge in [-0.15, -0.1) is 0 Å². The number of oxazole rings is 1. The van der Waals surface area contributed by atoms with Crippen LogP contribution in [0.3, 0.4) is 0 Å². The molecular formula is C21H20BrN3O3S. The molecule has 0 saturated heterocycles. The second kappa shape index (κ2) is 8.20. The molecule has 0 spiro atoms. The molecule has 4 rings (SSSR count). The highest BCUT2D eigenvalue weighted by Gasteiger charge is 2.14. The summed E-state index contributed by atoms with van der Waals surface area (Å²) in [7, 11) is 0. The van der Waals surface area contributed by atoms with Crippen molar-refractivity contribution in [3.8, 4) is 0 Å². The van der Waals surface area contributed by atoms with Gasteiger partial charge in [-0.2, -0.15) is 0 Å². The maximum atomic E-state index is 13.1. The number of halogens is 1. The lowest BCUT2D eigenvalue weighted by Gasteiger charge is -2.15. The zero-order valence-electron chi connectivity index (χ0n) is 16.1. The molecule has 8 heteroatoms. The average Bonchev–Trinajstić information content (AvgIpc) is 3.00. The van der Waals surface area contributed by atoms with Crippen LogP contribution in [-0.4, -0.2) is 19.9 Å². The molecule has 0 atom stereocenters. The highest BCUT2D eigenvalue weighted by molar-refractivity contribution is 9.10. The van der Waals surface area contributed by atoms with Crippen molar-refractivity contribution < 1.29 is 4.42 Å². The number of aryl methyl sites for hydroxylation is 1. The highest BCUT2D eigenvalue weighted by Crippen LogP contribution is 2.22. The molecule has 0 aliphatic rings. The van der Waals surface area contributed by atoms with Crippen LogP contribution in [0.1, 0.15) is 13.8 Å². The van der Waals surface area contributed by atoms with E-state index in [9.17, 15) is 9.59 Å². The van der Waals surface area contributed by atoms with Gasteiger partial charge in [0.1, 0.15) is 0 Å². The Morgan fingerprint density at radius 3 is 2.72 bits per heavy atom. The topological polar surface area (TPSA) is 70.0 Å². The number of aromatic nitrogens is 3. The van der Waals surface area contributed by atoms with E-state index in [1.165, 1.54) is 11.8 Å². The van der Waals surface area contributed by atoms with Crippen LogP contribution in [-0.2, 0) is 13.1 Å². The van der Waals surface area contributed by atoms with Gasteiger partial charge in [0.2, 0.25) is 0 Å². The van der Waals surface area contributed by atoms with Crippen molar-refractivity contribution in [3.05, 3.63) is 67.8 Å². The largest absolute Gasteiger partial charge is 0.419 e. The van der Waals surface area contributed by atoms with Crippen LogP contribution in [0.4, 0.5) is 0 Å². The molecule has 29 heavy (non-hydrogen) atoms. The van der Waals surface area contributed by atoms with Gasteiger partial charge in [-0.25, -0.2) is 9.78 Å². The van der Waals surface area contributed by atoms with Crippen LogP contribution in [0.2, 0.25) is 0 Å². The molecule has 0 N–H and O–H groups in total. The Morgan fingerprint density at radius 2 is 1.93 bits per heavy atom. The van der Waals surface area contributed by atoms with E-state index in [0.29, 0.717) is 46.4 Å². The Morgan fingerprint density at radius 1 is 1.14 bits per heavy atom. The zero-order chi connectivity index (χ0) is 20.5. The summed E-state index contributed by atoms with van der Waals surface area (Å²) in [6.07, 6.45) is 0. The van der Waals surface area contributed by atoms with E-state index in [2.05, 4.69) is 29.8 Å². The van der Waals surface area contributed by atoms with Crippen molar-refractivity contribution in [2.24, 2.45) is 5.92 Å². The molecule has 2 heterocycles. The second-order valence-electron chi connectivity index (χ2n) is 7.20. The lowest BCUT2D eigenvalue weighted by atomic mass is 10.2. The van der Waals surface area contributed by atoms with Crippen molar-refractivity contribution >= 4 is 49.7 Å². The summed E-state index contributed by atoms with van der Waals surface area (Å²) in [5, 5.41) is 1.26. The average molecular weight is 474 g/mol. The SMILES string of the molecule is CC(C)Cn1c(SCCn2c(=O)oc3ccccc32)nc2ccc(Br)cc2c1=O. The van der Waals surface area contributed by atoms with Gasteiger partial charge in [-0.3, -0.25) is 13.9 Å². The predicted molar refractivity (Wildman–Crippen MR) is 120 cm³/mol. The van der Waals surface area contributed by atoms with Crippen LogP contribution in [0, 0.1) is 5.92 Å². The number of hydrogen-bond donors (Lipinski definition) is 0. The molecular weight excluding hydrogens is 454 g/mol. The standard InChI is InChI=1S/C21H20BrN3O3S/c1-13(2)12-25-19(26)15-11-14(22)7-8-16(15)23-20(25)29-10-9-24-17-5-3-4-6-18(17)28-21(24)27/h3-8,11,13H,9-10,12H2,1-2H3. The summed E-state index contributed by atoms with van der Waals surface area (Å²) in [4.78, 5) is 30.0. The molecule has 0 bridgehead atoms. The van der Waals surface area contributed by atoms with Crippen LogP contribution in [0.25, 0.3) is 22.0 Å². The first-order valence-electron chi connectivity index (χ1n) is 9.35. The number of thioether (sulfide) groups is 1. The Hall–Kier alpha value is -2.32.